The minimum atomic E-state index is -1.41. The maximum absolute atomic E-state index is 12.9. The van der Waals surface area contributed by atoms with Crippen molar-refractivity contribution in [3.8, 4) is 0 Å². The minimum Gasteiger partial charge on any atom is -0.480 e. The number of hydrogen-bond donors (Lipinski definition) is 4. The fraction of sp³-hybridized carbons (Fsp3) is 0.409. The van der Waals surface area contributed by atoms with Crippen molar-refractivity contribution in [2.45, 2.75) is 25.9 Å². The number of nitrogens with one attached hydrogen (secondary N) is 2. The van der Waals surface area contributed by atoms with E-state index in [4.69, 9.17) is 10.2 Å². The molecule has 2 amide bonds. The molecule has 1 saturated heterocycles. The van der Waals surface area contributed by atoms with Crippen LogP contribution in [0.25, 0.3) is 0 Å². The Bertz CT molecular complexity index is 989. The lowest BCUT2D eigenvalue weighted by Crippen LogP contribution is -2.49. The summed E-state index contributed by atoms with van der Waals surface area (Å²) in [5, 5.41) is 23.5. The zero-order valence-electron chi connectivity index (χ0n) is 18.6. The summed E-state index contributed by atoms with van der Waals surface area (Å²) in [5.74, 6) is -1.43. The second kappa shape index (κ2) is 10.7. The fourth-order valence-corrected chi connectivity index (χ4v) is 3.44. The number of carbonyl (C=O) groups excluding carboxylic acids is 2. The Morgan fingerprint density at radius 1 is 1.09 bits per heavy atom. The first-order chi connectivity index (χ1) is 15.8. The van der Waals surface area contributed by atoms with Crippen LogP contribution in [-0.4, -0.2) is 87.7 Å². The molecule has 0 unspecified atom stereocenters. The topological polar surface area (TPSA) is 148 Å². The van der Waals surface area contributed by atoms with Gasteiger partial charge in [0.25, 0.3) is 11.8 Å². The van der Waals surface area contributed by atoms with Gasteiger partial charge < -0.3 is 30.6 Å². The molecule has 1 atom stereocenters. The highest BCUT2D eigenvalue weighted by Crippen LogP contribution is 2.24. The third kappa shape index (κ3) is 5.95. The van der Waals surface area contributed by atoms with Gasteiger partial charge in [0.2, 0.25) is 0 Å². The molecule has 2 aromatic rings. The standard InChI is InChI=1S/C22H28N6O5/c1-14(2)25-16-4-3-7-23-19(16)27-8-10-28(11-9-27)21(31)17-6-5-15(12-24-17)20(30)26-18(13-29)22(32)33/h3-7,12,14,18,25,29H,8-11,13H2,1-2H3,(H,26,30)(H,32,33)/t18-/m0/s1. The molecule has 2 aromatic heterocycles. The summed E-state index contributed by atoms with van der Waals surface area (Å²) in [7, 11) is 0. The molecule has 33 heavy (non-hydrogen) atoms. The van der Waals surface area contributed by atoms with Gasteiger partial charge in [-0.05, 0) is 38.1 Å². The van der Waals surface area contributed by atoms with Crippen molar-refractivity contribution < 1.29 is 24.6 Å². The van der Waals surface area contributed by atoms with E-state index in [1.54, 1.807) is 11.1 Å². The van der Waals surface area contributed by atoms with E-state index in [0.717, 1.165) is 11.5 Å². The zero-order chi connectivity index (χ0) is 24.0. The molecule has 0 bridgehead atoms. The van der Waals surface area contributed by atoms with Gasteiger partial charge in [0.05, 0.1) is 17.9 Å². The first-order valence-electron chi connectivity index (χ1n) is 10.7. The number of pyridine rings is 2. The molecular formula is C22H28N6O5. The molecular weight excluding hydrogens is 428 g/mol. The summed E-state index contributed by atoms with van der Waals surface area (Å²) in [4.78, 5) is 48.3. The van der Waals surface area contributed by atoms with Crippen molar-refractivity contribution in [1.29, 1.82) is 0 Å². The van der Waals surface area contributed by atoms with Crippen LogP contribution in [0.1, 0.15) is 34.7 Å². The number of aliphatic hydroxyl groups excluding tert-OH is 1. The minimum absolute atomic E-state index is 0.0939. The third-order valence-corrected chi connectivity index (χ3v) is 5.13. The van der Waals surface area contributed by atoms with Crippen molar-refractivity contribution >= 4 is 29.3 Å². The van der Waals surface area contributed by atoms with Gasteiger partial charge in [0.15, 0.2) is 11.9 Å². The lowest BCUT2D eigenvalue weighted by molar-refractivity contribution is -0.140. The number of amides is 2. The molecule has 3 heterocycles. The number of aliphatic hydroxyl groups is 1. The Kier molecular flexibility index (Phi) is 7.78. The molecule has 176 valence electrons. The molecule has 0 radical (unpaired) electrons. The number of hydrogen-bond acceptors (Lipinski definition) is 8. The molecule has 11 nitrogen and oxygen atoms in total. The van der Waals surface area contributed by atoms with Gasteiger partial charge in [-0.3, -0.25) is 14.6 Å². The SMILES string of the molecule is CC(C)Nc1cccnc1N1CCN(C(=O)c2ccc(C(=O)N[C@@H](CO)C(=O)O)cn2)CC1. The van der Waals surface area contributed by atoms with E-state index in [-0.39, 0.29) is 23.2 Å². The quantitative estimate of drug-likeness (QED) is 0.444. The van der Waals surface area contributed by atoms with Gasteiger partial charge in [0.1, 0.15) is 5.69 Å². The van der Waals surface area contributed by atoms with Crippen molar-refractivity contribution in [1.82, 2.24) is 20.2 Å². The molecule has 1 fully saturated rings. The summed E-state index contributed by atoms with van der Waals surface area (Å²) in [6, 6.07) is 5.56. The molecule has 0 saturated carbocycles. The van der Waals surface area contributed by atoms with E-state index >= 15 is 0 Å². The smallest absolute Gasteiger partial charge is 0.328 e. The maximum Gasteiger partial charge on any atom is 0.328 e. The highest BCUT2D eigenvalue weighted by molar-refractivity contribution is 5.97. The van der Waals surface area contributed by atoms with Crippen LogP contribution in [0.3, 0.4) is 0 Å². The molecule has 1 aliphatic heterocycles. The van der Waals surface area contributed by atoms with Crippen LogP contribution in [0.15, 0.2) is 36.7 Å². The number of carbonyl (C=O) groups is 3. The number of piperazine rings is 1. The summed E-state index contributed by atoms with van der Waals surface area (Å²) in [6.45, 7) is 5.62. The zero-order valence-corrected chi connectivity index (χ0v) is 18.6. The summed E-state index contributed by atoms with van der Waals surface area (Å²) in [6.07, 6.45) is 2.96. The largest absolute Gasteiger partial charge is 0.480 e. The Morgan fingerprint density at radius 2 is 1.82 bits per heavy atom. The van der Waals surface area contributed by atoms with E-state index in [9.17, 15) is 14.4 Å². The number of nitrogens with zero attached hydrogens (tertiary/aromatic N) is 4. The van der Waals surface area contributed by atoms with E-state index in [0.29, 0.717) is 26.2 Å². The van der Waals surface area contributed by atoms with Crippen molar-refractivity contribution in [2.24, 2.45) is 0 Å². The van der Waals surface area contributed by atoms with Crippen LogP contribution in [0.2, 0.25) is 0 Å². The molecule has 0 aromatic carbocycles. The maximum atomic E-state index is 12.9. The predicted octanol–water partition coefficient (Wildman–Crippen LogP) is 0.435. The number of aromatic nitrogens is 2. The second-order valence-corrected chi connectivity index (χ2v) is 7.93. The first kappa shape index (κ1) is 23.9. The summed E-state index contributed by atoms with van der Waals surface area (Å²) in [5.41, 5.74) is 1.24. The van der Waals surface area contributed by atoms with Gasteiger partial charge in [-0.25, -0.2) is 9.78 Å². The van der Waals surface area contributed by atoms with Crippen LogP contribution >= 0.6 is 0 Å². The Labute approximate surface area is 191 Å². The number of rotatable bonds is 8. The second-order valence-electron chi connectivity index (χ2n) is 7.93. The van der Waals surface area contributed by atoms with Crippen molar-refractivity contribution in [2.75, 3.05) is 43.0 Å². The normalized spacial score (nSPS) is 14.7. The molecule has 0 spiro atoms. The predicted molar refractivity (Wildman–Crippen MR) is 121 cm³/mol. The van der Waals surface area contributed by atoms with Crippen LogP contribution in [0.4, 0.5) is 11.5 Å². The van der Waals surface area contributed by atoms with Gasteiger partial charge in [-0.2, -0.15) is 0 Å². The van der Waals surface area contributed by atoms with E-state index in [1.165, 1.54) is 18.3 Å². The summed E-state index contributed by atoms with van der Waals surface area (Å²) < 4.78 is 0. The first-order valence-corrected chi connectivity index (χ1v) is 10.7. The van der Waals surface area contributed by atoms with Crippen molar-refractivity contribution in [3.05, 3.63) is 47.9 Å². The Balaban J connectivity index is 1.60. The monoisotopic (exact) mass is 456 g/mol. The van der Waals surface area contributed by atoms with Gasteiger partial charge >= 0.3 is 5.97 Å². The number of aliphatic carboxylic acids is 1. The van der Waals surface area contributed by atoms with Crippen LogP contribution in [0, 0.1) is 0 Å². The molecule has 1 aliphatic rings. The fourth-order valence-electron chi connectivity index (χ4n) is 3.44. The number of carboxylic acid groups (broad SMARTS) is 1. The van der Waals surface area contributed by atoms with Gasteiger partial charge in [0, 0.05) is 44.6 Å². The molecule has 4 N–H and O–H groups in total. The van der Waals surface area contributed by atoms with E-state index in [2.05, 4.69) is 39.3 Å². The van der Waals surface area contributed by atoms with Crippen molar-refractivity contribution in [3.63, 3.8) is 0 Å². The number of carboxylic acids is 1. The van der Waals surface area contributed by atoms with Gasteiger partial charge in [-0.15, -0.1) is 0 Å². The van der Waals surface area contributed by atoms with E-state index < -0.39 is 24.5 Å². The average molecular weight is 457 g/mol. The summed E-state index contributed by atoms with van der Waals surface area (Å²) >= 11 is 0. The average Bonchev–Trinajstić information content (AvgIpc) is 2.82. The Hall–Kier alpha value is -3.73. The lowest BCUT2D eigenvalue weighted by Gasteiger charge is -2.36. The lowest BCUT2D eigenvalue weighted by atomic mass is 10.2. The van der Waals surface area contributed by atoms with E-state index in [1.807, 2.05) is 12.1 Å². The highest BCUT2D eigenvalue weighted by Gasteiger charge is 2.25. The van der Waals surface area contributed by atoms with Crippen LogP contribution in [0.5, 0.6) is 0 Å². The molecule has 11 heteroatoms. The molecule has 3 rings (SSSR count). The highest BCUT2D eigenvalue weighted by atomic mass is 16.4. The van der Waals surface area contributed by atoms with Gasteiger partial charge in [-0.1, -0.05) is 0 Å². The third-order valence-electron chi connectivity index (χ3n) is 5.13. The number of anilines is 2. The Morgan fingerprint density at radius 3 is 2.39 bits per heavy atom. The molecule has 0 aliphatic carbocycles. The van der Waals surface area contributed by atoms with Crippen LogP contribution in [-0.2, 0) is 4.79 Å². The van der Waals surface area contributed by atoms with Crippen LogP contribution < -0.4 is 15.5 Å².